The van der Waals surface area contributed by atoms with E-state index in [9.17, 15) is 4.79 Å². The van der Waals surface area contributed by atoms with E-state index in [1.54, 1.807) is 0 Å². The van der Waals surface area contributed by atoms with Crippen LogP contribution < -0.4 is 10.1 Å². The molecule has 0 spiro atoms. The van der Waals surface area contributed by atoms with Crippen molar-refractivity contribution in [2.75, 3.05) is 6.61 Å². The molecule has 0 unspecified atom stereocenters. The predicted molar refractivity (Wildman–Crippen MR) is 110 cm³/mol. The molecule has 1 N–H and O–H groups in total. The third-order valence-corrected chi connectivity index (χ3v) is 5.28. The van der Waals surface area contributed by atoms with E-state index < -0.39 is 0 Å². The van der Waals surface area contributed by atoms with E-state index in [0.717, 1.165) is 59.5 Å². The van der Waals surface area contributed by atoms with Crippen molar-refractivity contribution in [1.29, 1.82) is 0 Å². The molecular weight excluding hydrogens is 350 g/mol. The Morgan fingerprint density at radius 1 is 1.14 bits per heavy atom. The monoisotopic (exact) mass is 377 g/mol. The van der Waals surface area contributed by atoms with Gasteiger partial charge >= 0.3 is 0 Å². The first kappa shape index (κ1) is 18.5. The fraction of sp³-hybridized carbons (Fsp3) is 0.391. The zero-order valence-electron chi connectivity index (χ0n) is 16.6. The van der Waals surface area contributed by atoms with Gasteiger partial charge in [0.15, 0.2) is 0 Å². The molecule has 28 heavy (non-hydrogen) atoms. The van der Waals surface area contributed by atoms with Gasteiger partial charge in [0.1, 0.15) is 11.6 Å². The van der Waals surface area contributed by atoms with Crippen LogP contribution in [0.2, 0.25) is 0 Å². The molecule has 0 radical (unpaired) electrons. The second-order valence-corrected chi connectivity index (χ2v) is 7.58. The highest BCUT2D eigenvalue weighted by Crippen LogP contribution is 2.29. The number of hydrogen-bond acceptors (Lipinski definition) is 3. The van der Waals surface area contributed by atoms with Crippen LogP contribution in [0.3, 0.4) is 0 Å². The lowest BCUT2D eigenvalue weighted by molar-refractivity contribution is -0.122. The molecule has 1 heterocycles. The van der Waals surface area contributed by atoms with Crippen molar-refractivity contribution < 1.29 is 9.53 Å². The number of imidazole rings is 1. The lowest BCUT2D eigenvalue weighted by Crippen LogP contribution is -2.26. The molecule has 5 nitrogen and oxygen atoms in total. The molecule has 4 rings (SSSR count). The number of rotatable bonds is 8. The predicted octanol–water partition coefficient (Wildman–Crippen LogP) is 4.15. The van der Waals surface area contributed by atoms with Gasteiger partial charge in [0.2, 0.25) is 5.91 Å². The van der Waals surface area contributed by atoms with Gasteiger partial charge in [0.25, 0.3) is 0 Å². The first-order valence-corrected chi connectivity index (χ1v) is 10.0. The van der Waals surface area contributed by atoms with Crippen LogP contribution in [0.4, 0.5) is 0 Å². The van der Waals surface area contributed by atoms with E-state index in [-0.39, 0.29) is 11.8 Å². The number of aryl methyl sites for hydroxylation is 3. The maximum absolute atomic E-state index is 12.0. The van der Waals surface area contributed by atoms with E-state index in [0.29, 0.717) is 13.2 Å². The topological polar surface area (TPSA) is 56.1 Å². The van der Waals surface area contributed by atoms with Gasteiger partial charge in [-0.15, -0.1) is 0 Å². The summed E-state index contributed by atoms with van der Waals surface area (Å²) < 4.78 is 8.26. The van der Waals surface area contributed by atoms with Crippen molar-refractivity contribution in [2.24, 2.45) is 5.92 Å². The Kier molecular flexibility index (Phi) is 5.33. The van der Waals surface area contributed by atoms with Crippen LogP contribution in [0.25, 0.3) is 11.0 Å². The fourth-order valence-corrected chi connectivity index (χ4v) is 3.59. The standard InChI is InChI=1S/C23H27N3O2/c1-16-7-5-8-17(2)22(16)28-14-6-13-26-20-10-4-3-9-19(20)25-21(26)15-24-23(27)18-11-12-18/h3-5,7-10,18H,6,11-15H2,1-2H3,(H,24,27). The highest BCUT2D eigenvalue weighted by Gasteiger charge is 2.29. The minimum Gasteiger partial charge on any atom is -0.493 e. The SMILES string of the molecule is Cc1cccc(C)c1OCCCn1c(CNC(=O)C2CC2)nc2ccccc21. The number of amides is 1. The van der Waals surface area contributed by atoms with Crippen molar-refractivity contribution in [3.63, 3.8) is 0 Å². The van der Waals surface area contributed by atoms with Crippen LogP contribution >= 0.6 is 0 Å². The van der Waals surface area contributed by atoms with Crippen molar-refractivity contribution in [2.45, 2.75) is 46.2 Å². The lowest BCUT2D eigenvalue weighted by atomic mass is 10.1. The van der Waals surface area contributed by atoms with Gasteiger partial charge in [-0.1, -0.05) is 30.3 Å². The van der Waals surface area contributed by atoms with Gasteiger partial charge < -0.3 is 14.6 Å². The molecule has 1 aliphatic carbocycles. The summed E-state index contributed by atoms with van der Waals surface area (Å²) in [5.74, 6) is 2.25. The Morgan fingerprint density at radius 2 is 1.89 bits per heavy atom. The lowest BCUT2D eigenvalue weighted by Gasteiger charge is -2.13. The Labute approximate surface area is 165 Å². The molecule has 1 fully saturated rings. The minimum absolute atomic E-state index is 0.150. The second-order valence-electron chi connectivity index (χ2n) is 7.58. The summed E-state index contributed by atoms with van der Waals surface area (Å²) in [5, 5.41) is 3.04. The number of para-hydroxylation sites is 3. The molecule has 0 saturated heterocycles. The Balaban J connectivity index is 1.43. The van der Waals surface area contributed by atoms with Crippen molar-refractivity contribution >= 4 is 16.9 Å². The average Bonchev–Trinajstić information content (AvgIpc) is 3.48. The summed E-state index contributed by atoms with van der Waals surface area (Å²) in [6, 6.07) is 14.3. The molecular formula is C23H27N3O2. The summed E-state index contributed by atoms with van der Waals surface area (Å²) >= 11 is 0. The third-order valence-electron chi connectivity index (χ3n) is 5.28. The van der Waals surface area contributed by atoms with Gasteiger partial charge in [0, 0.05) is 12.5 Å². The molecule has 3 aromatic rings. The normalized spacial score (nSPS) is 13.6. The molecule has 0 aliphatic heterocycles. The Hall–Kier alpha value is -2.82. The van der Waals surface area contributed by atoms with Gasteiger partial charge in [-0.25, -0.2) is 4.98 Å². The van der Waals surface area contributed by atoms with Crippen LogP contribution in [-0.2, 0) is 17.9 Å². The van der Waals surface area contributed by atoms with Gasteiger partial charge in [-0.2, -0.15) is 0 Å². The highest BCUT2D eigenvalue weighted by atomic mass is 16.5. The summed E-state index contributed by atoms with van der Waals surface area (Å²) in [7, 11) is 0. The van der Waals surface area contributed by atoms with Crippen molar-refractivity contribution in [1.82, 2.24) is 14.9 Å². The van der Waals surface area contributed by atoms with Crippen molar-refractivity contribution in [3.05, 3.63) is 59.4 Å². The van der Waals surface area contributed by atoms with Crippen LogP contribution in [0.15, 0.2) is 42.5 Å². The molecule has 1 saturated carbocycles. The van der Waals surface area contributed by atoms with E-state index in [1.807, 2.05) is 18.2 Å². The van der Waals surface area contributed by atoms with Crippen LogP contribution in [-0.4, -0.2) is 22.1 Å². The maximum atomic E-state index is 12.0. The van der Waals surface area contributed by atoms with Crippen molar-refractivity contribution in [3.8, 4) is 5.75 Å². The summed E-state index contributed by atoms with van der Waals surface area (Å²) in [5.41, 5.74) is 4.40. The Bertz CT molecular complexity index is 968. The number of benzene rings is 2. The molecule has 2 aromatic carbocycles. The number of aromatic nitrogens is 2. The number of nitrogens with zero attached hydrogens (tertiary/aromatic N) is 2. The van der Waals surface area contributed by atoms with Crippen LogP contribution in [0, 0.1) is 19.8 Å². The number of nitrogens with one attached hydrogen (secondary N) is 1. The molecule has 1 amide bonds. The quantitative estimate of drug-likeness (QED) is 0.600. The highest BCUT2D eigenvalue weighted by molar-refractivity contribution is 5.81. The molecule has 0 atom stereocenters. The molecule has 5 heteroatoms. The molecule has 0 bridgehead atoms. The van der Waals surface area contributed by atoms with Gasteiger partial charge in [-0.05, 0) is 56.4 Å². The number of hydrogen-bond donors (Lipinski definition) is 1. The Morgan fingerprint density at radius 3 is 2.64 bits per heavy atom. The van der Waals surface area contributed by atoms with E-state index >= 15 is 0 Å². The van der Waals surface area contributed by atoms with Crippen LogP contribution in [0.1, 0.15) is 36.2 Å². The molecule has 1 aliphatic rings. The fourth-order valence-electron chi connectivity index (χ4n) is 3.59. The largest absolute Gasteiger partial charge is 0.493 e. The number of fused-ring (bicyclic) bond motifs is 1. The van der Waals surface area contributed by atoms with E-state index in [2.05, 4.69) is 48.0 Å². The van der Waals surface area contributed by atoms with Gasteiger partial charge in [-0.3, -0.25) is 4.79 Å². The first-order valence-electron chi connectivity index (χ1n) is 10.0. The van der Waals surface area contributed by atoms with Crippen LogP contribution in [0.5, 0.6) is 5.75 Å². The van der Waals surface area contributed by atoms with E-state index in [1.165, 1.54) is 0 Å². The summed E-state index contributed by atoms with van der Waals surface area (Å²) in [4.78, 5) is 16.8. The molecule has 1 aromatic heterocycles. The zero-order chi connectivity index (χ0) is 19.5. The smallest absolute Gasteiger partial charge is 0.223 e. The third kappa shape index (κ3) is 4.03. The summed E-state index contributed by atoms with van der Waals surface area (Å²) in [6.45, 7) is 6.08. The van der Waals surface area contributed by atoms with Gasteiger partial charge in [0.05, 0.1) is 24.2 Å². The van der Waals surface area contributed by atoms with E-state index in [4.69, 9.17) is 9.72 Å². The number of ether oxygens (including phenoxy) is 1. The minimum atomic E-state index is 0.150. The summed E-state index contributed by atoms with van der Waals surface area (Å²) in [6.07, 6.45) is 2.90. The number of carbonyl (C=O) groups is 1. The first-order chi connectivity index (χ1) is 13.6. The molecule has 146 valence electrons. The zero-order valence-corrected chi connectivity index (χ0v) is 16.6. The average molecular weight is 377 g/mol. The second kappa shape index (κ2) is 8.05. The number of carbonyl (C=O) groups excluding carboxylic acids is 1. The maximum Gasteiger partial charge on any atom is 0.223 e.